The lowest BCUT2D eigenvalue weighted by atomic mass is 10.0. The summed E-state index contributed by atoms with van der Waals surface area (Å²) in [4.78, 5) is 24.6. The van der Waals surface area contributed by atoms with E-state index in [1.54, 1.807) is 0 Å². The maximum atomic E-state index is 12.5. The average molecular weight is 1140 g/mol. The van der Waals surface area contributed by atoms with Gasteiger partial charge in [0.05, 0.1) is 25.4 Å². The quantitative estimate of drug-likeness (QED) is 0.0320. The van der Waals surface area contributed by atoms with Crippen molar-refractivity contribution >= 4 is 11.9 Å². The molecule has 0 saturated carbocycles. The van der Waals surface area contributed by atoms with E-state index in [2.05, 4.69) is 55.6 Å². The molecule has 0 radical (unpaired) electrons. The Labute approximate surface area is 506 Å². The highest BCUT2D eigenvalue weighted by molar-refractivity contribution is 5.76. The lowest BCUT2D eigenvalue weighted by molar-refractivity contribution is -0.143. The monoisotopic (exact) mass is 1140 g/mol. The Kier molecular flexibility index (Phi) is 68.9. The predicted molar refractivity (Wildman–Crippen MR) is 356 cm³/mol. The first-order valence-electron chi connectivity index (χ1n) is 36.7. The Bertz CT molecular complexity index is 1310. The number of hydrogen-bond donors (Lipinski definition) is 3. The minimum Gasteiger partial charge on any atom is -0.466 e. The summed E-state index contributed by atoms with van der Waals surface area (Å²) in [5.41, 5.74) is 0. The van der Waals surface area contributed by atoms with E-state index in [1.807, 2.05) is 0 Å². The van der Waals surface area contributed by atoms with E-state index in [4.69, 9.17) is 4.74 Å². The number of esters is 1. The van der Waals surface area contributed by atoms with Crippen molar-refractivity contribution in [1.29, 1.82) is 0 Å². The minimum atomic E-state index is -0.662. The maximum absolute atomic E-state index is 12.5. The summed E-state index contributed by atoms with van der Waals surface area (Å²) in [5.74, 6) is -0.0181. The van der Waals surface area contributed by atoms with E-state index in [9.17, 15) is 19.8 Å². The van der Waals surface area contributed by atoms with Crippen LogP contribution in [-0.4, -0.2) is 47.4 Å². The van der Waals surface area contributed by atoms with Crippen molar-refractivity contribution in [3.63, 3.8) is 0 Å². The molecule has 3 N–H and O–H groups in total. The molecule has 1 amide bonds. The zero-order chi connectivity index (χ0) is 58.5. The molecule has 0 aliphatic rings. The van der Waals surface area contributed by atoms with Gasteiger partial charge in [-0.05, 0) is 83.5 Å². The average Bonchev–Trinajstić information content (AvgIpc) is 3.47. The highest BCUT2D eigenvalue weighted by atomic mass is 16.5. The molecule has 0 aromatic carbocycles. The summed E-state index contributed by atoms with van der Waals surface area (Å²) in [7, 11) is 0. The summed E-state index contributed by atoms with van der Waals surface area (Å²) in [6.07, 6.45) is 90.7. The summed E-state index contributed by atoms with van der Waals surface area (Å²) in [6, 6.07) is -0.539. The molecule has 0 saturated heterocycles. The van der Waals surface area contributed by atoms with Crippen molar-refractivity contribution in [2.45, 2.75) is 418 Å². The number of allylic oxidation sites excluding steroid dienone is 6. The fraction of sp³-hybridized carbons (Fsp3) is 0.893. The van der Waals surface area contributed by atoms with E-state index in [-0.39, 0.29) is 18.5 Å². The first-order chi connectivity index (χ1) is 40.0. The van der Waals surface area contributed by atoms with Crippen LogP contribution in [0.2, 0.25) is 0 Å². The topological polar surface area (TPSA) is 95.9 Å². The number of rotatable bonds is 69. The molecule has 0 fully saturated rings. The highest BCUT2D eigenvalue weighted by Gasteiger charge is 2.20. The van der Waals surface area contributed by atoms with Crippen molar-refractivity contribution in [2.24, 2.45) is 0 Å². The van der Waals surface area contributed by atoms with Crippen molar-refractivity contribution in [1.82, 2.24) is 5.32 Å². The third-order valence-electron chi connectivity index (χ3n) is 17.2. The Morgan fingerprint density at radius 1 is 0.346 bits per heavy atom. The van der Waals surface area contributed by atoms with Gasteiger partial charge in [0, 0.05) is 12.8 Å². The van der Waals surface area contributed by atoms with Crippen LogP contribution in [0, 0.1) is 0 Å². The van der Waals surface area contributed by atoms with Crippen LogP contribution in [0.4, 0.5) is 0 Å². The Balaban J connectivity index is 3.34. The number of ether oxygens (including phenoxy) is 1. The van der Waals surface area contributed by atoms with Gasteiger partial charge in [0.2, 0.25) is 5.91 Å². The number of carbonyl (C=O) groups is 2. The van der Waals surface area contributed by atoms with Gasteiger partial charge in [0.1, 0.15) is 0 Å². The molecular formula is C75H143NO5. The smallest absolute Gasteiger partial charge is 0.305 e. The summed E-state index contributed by atoms with van der Waals surface area (Å²) in [5, 5.41) is 23.3. The largest absolute Gasteiger partial charge is 0.466 e. The van der Waals surface area contributed by atoms with Crippen LogP contribution in [0.5, 0.6) is 0 Å². The van der Waals surface area contributed by atoms with E-state index in [0.29, 0.717) is 25.9 Å². The SMILES string of the molecule is CCCCC/C=C\C/C=C\CCCCCCCCCC(=O)OCCCCCCCCCCCCCC/C=C\CCCCCCCCCCCCCCCCCCCC(=O)NC(CO)C(O)CCCCCCCCCCCCCCCC. The number of amides is 1. The fourth-order valence-electron chi connectivity index (χ4n) is 11.6. The van der Waals surface area contributed by atoms with Gasteiger partial charge >= 0.3 is 5.97 Å². The number of nitrogens with one attached hydrogen (secondary N) is 1. The van der Waals surface area contributed by atoms with Gasteiger partial charge in [-0.3, -0.25) is 9.59 Å². The van der Waals surface area contributed by atoms with Gasteiger partial charge in [0.25, 0.3) is 0 Å². The van der Waals surface area contributed by atoms with Crippen LogP contribution in [0.3, 0.4) is 0 Å². The molecule has 0 aromatic rings. The van der Waals surface area contributed by atoms with Crippen molar-refractivity contribution in [3.05, 3.63) is 36.5 Å². The normalized spacial score (nSPS) is 12.7. The number of hydrogen-bond acceptors (Lipinski definition) is 5. The standard InChI is InChI=1S/C75H143NO5/c1-3-5-7-9-11-13-15-17-19-37-41-45-49-53-57-61-65-69-75(80)81-70-66-62-58-54-50-46-42-39-36-34-32-30-28-26-24-22-20-21-23-25-27-29-31-33-35-38-40-44-48-52-56-60-64-68-74(79)76-72(71-77)73(78)67-63-59-55-51-47-43-18-16-14-12-10-8-6-4-2/h11,13,17,19,24,26,72-73,77-78H,3-10,12,14-16,18,20-23,25,27-71H2,1-2H3,(H,76,79)/b13-11-,19-17-,26-24-. The zero-order valence-electron chi connectivity index (χ0n) is 54.8. The number of aliphatic hydroxyl groups is 2. The highest BCUT2D eigenvalue weighted by Crippen LogP contribution is 2.19. The second-order valence-corrected chi connectivity index (χ2v) is 25.3. The molecule has 0 aliphatic heterocycles. The third kappa shape index (κ3) is 67.1. The molecule has 2 unspecified atom stereocenters. The van der Waals surface area contributed by atoms with Gasteiger partial charge in [0.15, 0.2) is 0 Å². The molecule has 0 aliphatic carbocycles. The van der Waals surface area contributed by atoms with Crippen molar-refractivity contribution in [2.75, 3.05) is 13.2 Å². The Morgan fingerprint density at radius 3 is 0.975 bits per heavy atom. The van der Waals surface area contributed by atoms with E-state index in [1.165, 1.54) is 321 Å². The summed E-state index contributed by atoms with van der Waals surface area (Å²) < 4.78 is 5.50. The van der Waals surface area contributed by atoms with Gasteiger partial charge in [-0.1, -0.05) is 346 Å². The predicted octanol–water partition coefficient (Wildman–Crippen LogP) is 23.9. The molecular weight excluding hydrogens is 995 g/mol. The Morgan fingerprint density at radius 2 is 0.617 bits per heavy atom. The molecule has 81 heavy (non-hydrogen) atoms. The lowest BCUT2D eigenvalue weighted by Crippen LogP contribution is -2.45. The van der Waals surface area contributed by atoms with E-state index >= 15 is 0 Å². The van der Waals surface area contributed by atoms with Crippen LogP contribution in [0.25, 0.3) is 0 Å². The second-order valence-electron chi connectivity index (χ2n) is 25.3. The number of carbonyl (C=O) groups excluding carboxylic acids is 2. The molecule has 0 spiro atoms. The van der Waals surface area contributed by atoms with E-state index < -0.39 is 12.1 Å². The molecule has 2 atom stereocenters. The minimum absolute atomic E-state index is 0.0113. The zero-order valence-corrected chi connectivity index (χ0v) is 54.8. The molecule has 0 heterocycles. The van der Waals surface area contributed by atoms with Crippen molar-refractivity contribution in [3.8, 4) is 0 Å². The van der Waals surface area contributed by atoms with Crippen LogP contribution in [-0.2, 0) is 14.3 Å². The first-order valence-corrected chi connectivity index (χ1v) is 36.7. The molecule has 0 bridgehead atoms. The number of aliphatic hydroxyl groups excluding tert-OH is 2. The Hall–Kier alpha value is -1.92. The van der Waals surface area contributed by atoms with Gasteiger partial charge in [-0.15, -0.1) is 0 Å². The molecule has 0 aromatic heterocycles. The maximum Gasteiger partial charge on any atom is 0.305 e. The van der Waals surface area contributed by atoms with Gasteiger partial charge in [-0.25, -0.2) is 0 Å². The van der Waals surface area contributed by atoms with Crippen LogP contribution in [0.15, 0.2) is 36.5 Å². The van der Waals surface area contributed by atoms with Gasteiger partial charge in [-0.2, -0.15) is 0 Å². The second kappa shape index (κ2) is 70.6. The summed E-state index contributed by atoms with van der Waals surface area (Å²) in [6.45, 7) is 4.95. The molecule has 0 rings (SSSR count). The molecule has 6 nitrogen and oxygen atoms in total. The van der Waals surface area contributed by atoms with Gasteiger partial charge < -0.3 is 20.3 Å². The third-order valence-corrected chi connectivity index (χ3v) is 17.2. The lowest BCUT2D eigenvalue weighted by Gasteiger charge is -2.22. The first kappa shape index (κ1) is 79.1. The number of unbranched alkanes of at least 4 members (excludes halogenated alkanes) is 52. The molecule has 6 heteroatoms. The van der Waals surface area contributed by atoms with Crippen LogP contribution in [0.1, 0.15) is 406 Å². The fourth-order valence-corrected chi connectivity index (χ4v) is 11.6. The van der Waals surface area contributed by atoms with Crippen LogP contribution >= 0.6 is 0 Å². The van der Waals surface area contributed by atoms with E-state index in [0.717, 1.165) is 51.4 Å². The van der Waals surface area contributed by atoms with Crippen LogP contribution < -0.4 is 5.32 Å². The molecule has 478 valence electrons. The summed E-state index contributed by atoms with van der Waals surface area (Å²) >= 11 is 0. The van der Waals surface area contributed by atoms with Crippen molar-refractivity contribution < 1.29 is 24.5 Å².